The summed E-state index contributed by atoms with van der Waals surface area (Å²) in [6, 6.07) is 3.95. The second-order valence-electron chi connectivity index (χ2n) is 5.97. The molecule has 3 rings (SSSR count). The molecule has 1 atom stereocenters. The van der Waals surface area contributed by atoms with E-state index < -0.39 is 6.35 Å². The van der Waals surface area contributed by atoms with E-state index in [9.17, 15) is 0 Å². The van der Waals surface area contributed by atoms with E-state index in [4.69, 9.17) is 20.3 Å². The molecule has 9 heteroatoms. The topological polar surface area (TPSA) is 119 Å². The van der Waals surface area contributed by atoms with Gasteiger partial charge in [-0.05, 0) is 18.1 Å². The number of fused-ring (bicyclic) bond motifs is 1. The number of hydrogen-bond acceptors (Lipinski definition) is 9. The minimum atomic E-state index is -0.426. The molecule has 0 radical (unpaired) electrons. The Bertz CT molecular complexity index is 740. The Morgan fingerprint density at radius 2 is 2.19 bits per heavy atom. The van der Waals surface area contributed by atoms with Gasteiger partial charge in [-0.1, -0.05) is 19.4 Å². The molecule has 140 valence electrons. The van der Waals surface area contributed by atoms with Gasteiger partial charge in [-0.25, -0.2) is 0 Å². The Hall–Kier alpha value is -2.65. The van der Waals surface area contributed by atoms with Crippen LogP contribution in [0.5, 0.6) is 6.01 Å². The fraction of sp³-hybridized carbons (Fsp3) is 0.471. The Morgan fingerprint density at radius 3 is 2.85 bits per heavy atom. The molecule has 1 aliphatic heterocycles. The maximum absolute atomic E-state index is 9.13. The number of nitrogens with one attached hydrogen (secondary N) is 1. The van der Waals surface area contributed by atoms with Crippen LogP contribution in [0.4, 0.5) is 17.3 Å². The number of unbranched alkanes of at least 4 members (excludes halogenated alkanes) is 1. The van der Waals surface area contributed by atoms with Crippen molar-refractivity contribution in [2.45, 2.75) is 39.3 Å². The number of aromatic nitrogens is 3. The first-order valence-corrected chi connectivity index (χ1v) is 8.57. The Labute approximate surface area is 152 Å². The molecule has 1 aliphatic rings. The molecule has 3 heterocycles. The van der Waals surface area contributed by atoms with Crippen LogP contribution in [0.25, 0.3) is 0 Å². The molecule has 26 heavy (non-hydrogen) atoms. The van der Waals surface area contributed by atoms with Gasteiger partial charge in [0.05, 0.1) is 25.5 Å². The normalized spacial score (nSPS) is 15.7. The number of aliphatic hydroxyl groups is 1. The largest absolute Gasteiger partial charge is 0.463 e. The number of nitrogen functional groups attached to an aromatic ring is 1. The van der Waals surface area contributed by atoms with Crippen molar-refractivity contribution in [3.8, 4) is 6.01 Å². The van der Waals surface area contributed by atoms with E-state index in [0.717, 1.165) is 18.4 Å². The molecule has 0 fully saturated rings. The smallest absolute Gasteiger partial charge is 0.320 e. The van der Waals surface area contributed by atoms with Crippen molar-refractivity contribution in [3.05, 3.63) is 29.6 Å². The molecular formula is C17H24N6O3. The van der Waals surface area contributed by atoms with Crippen molar-refractivity contribution in [2.24, 2.45) is 0 Å². The molecule has 0 saturated heterocycles. The van der Waals surface area contributed by atoms with Crippen molar-refractivity contribution in [1.29, 1.82) is 0 Å². The Morgan fingerprint density at radius 1 is 1.35 bits per heavy atom. The van der Waals surface area contributed by atoms with Gasteiger partial charge >= 0.3 is 6.01 Å². The molecule has 0 amide bonds. The first-order valence-electron chi connectivity index (χ1n) is 8.57. The minimum absolute atomic E-state index is 0.0860. The van der Waals surface area contributed by atoms with E-state index in [1.165, 1.54) is 0 Å². The number of rotatable bonds is 8. The van der Waals surface area contributed by atoms with E-state index in [0.29, 0.717) is 36.2 Å². The second kappa shape index (κ2) is 8.15. The fourth-order valence-electron chi connectivity index (χ4n) is 2.66. The zero-order chi connectivity index (χ0) is 18.5. The van der Waals surface area contributed by atoms with E-state index in [-0.39, 0.29) is 12.6 Å². The summed E-state index contributed by atoms with van der Waals surface area (Å²) in [4.78, 5) is 14.9. The van der Waals surface area contributed by atoms with Gasteiger partial charge in [-0.2, -0.15) is 9.97 Å². The number of ether oxygens (including phenoxy) is 2. The number of nitrogens with zero attached hydrogens (tertiary/aromatic N) is 4. The number of methoxy groups -OCH3 is 1. The van der Waals surface area contributed by atoms with Crippen molar-refractivity contribution in [1.82, 2.24) is 15.0 Å². The van der Waals surface area contributed by atoms with Crippen molar-refractivity contribution in [3.63, 3.8) is 0 Å². The third kappa shape index (κ3) is 3.78. The van der Waals surface area contributed by atoms with E-state index in [2.05, 4.69) is 27.2 Å². The lowest BCUT2D eigenvalue weighted by Gasteiger charge is -2.24. The maximum Gasteiger partial charge on any atom is 0.320 e. The summed E-state index contributed by atoms with van der Waals surface area (Å²) in [5, 5.41) is 12.3. The molecule has 9 nitrogen and oxygen atoms in total. The Balaban J connectivity index is 1.85. The lowest BCUT2D eigenvalue weighted by Crippen LogP contribution is -2.37. The predicted octanol–water partition coefficient (Wildman–Crippen LogP) is 1.49. The van der Waals surface area contributed by atoms with Crippen LogP contribution in [0.15, 0.2) is 18.3 Å². The van der Waals surface area contributed by atoms with E-state index >= 15 is 0 Å². The summed E-state index contributed by atoms with van der Waals surface area (Å²) in [5.74, 6) is 0.946. The van der Waals surface area contributed by atoms with Gasteiger partial charge in [0.25, 0.3) is 0 Å². The summed E-state index contributed by atoms with van der Waals surface area (Å²) in [5.41, 5.74) is 8.27. The lowest BCUT2D eigenvalue weighted by atomic mass is 10.2. The second-order valence-corrected chi connectivity index (χ2v) is 5.97. The van der Waals surface area contributed by atoms with Gasteiger partial charge in [-0.15, -0.1) is 0 Å². The molecular weight excluding hydrogens is 336 g/mol. The van der Waals surface area contributed by atoms with Crippen LogP contribution in [0.2, 0.25) is 0 Å². The van der Waals surface area contributed by atoms with E-state index in [1.807, 2.05) is 11.0 Å². The van der Waals surface area contributed by atoms with Gasteiger partial charge in [0.15, 0.2) is 11.6 Å². The standard InChI is InChI=1S/C17H24N6O3/c1-3-4-7-26-16-21-14(18)13-15(22-16)23(17(20-13)25-2)9-11-5-6-12(10-24)19-8-11/h5-6,8,17,20,24H,3-4,7,9-10H2,1-2H3,(H2,18,21,22). The summed E-state index contributed by atoms with van der Waals surface area (Å²) in [6.45, 7) is 3.05. The molecule has 2 aromatic heterocycles. The average molecular weight is 360 g/mol. The third-order valence-corrected chi connectivity index (χ3v) is 4.07. The number of pyridine rings is 1. The maximum atomic E-state index is 9.13. The lowest BCUT2D eigenvalue weighted by molar-refractivity contribution is 0.125. The average Bonchev–Trinajstić information content (AvgIpc) is 3.01. The number of hydrogen-bond donors (Lipinski definition) is 3. The highest BCUT2D eigenvalue weighted by Gasteiger charge is 2.33. The molecule has 0 aromatic carbocycles. The van der Waals surface area contributed by atoms with Crippen LogP contribution in [-0.2, 0) is 17.9 Å². The van der Waals surface area contributed by atoms with Gasteiger partial charge < -0.3 is 30.5 Å². The molecule has 0 saturated carbocycles. The van der Waals surface area contributed by atoms with Crippen LogP contribution < -0.4 is 20.7 Å². The summed E-state index contributed by atoms with van der Waals surface area (Å²) < 4.78 is 11.1. The summed E-state index contributed by atoms with van der Waals surface area (Å²) in [6.07, 6.45) is 3.24. The molecule has 0 bridgehead atoms. The first-order chi connectivity index (χ1) is 12.7. The SMILES string of the molecule is CCCCOc1nc(N)c2c(n1)N(Cc1ccc(CO)nc1)C(OC)N2. The van der Waals surface area contributed by atoms with Crippen molar-refractivity contribution in [2.75, 3.05) is 29.7 Å². The third-order valence-electron chi connectivity index (χ3n) is 4.07. The van der Waals surface area contributed by atoms with Crippen LogP contribution in [0.1, 0.15) is 31.0 Å². The van der Waals surface area contributed by atoms with Crippen LogP contribution in [-0.4, -0.2) is 40.1 Å². The van der Waals surface area contributed by atoms with Crippen LogP contribution in [0.3, 0.4) is 0 Å². The van der Waals surface area contributed by atoms with Crippen LogP contribution in [0, 0.1) is 0 Å². The van der Waals surface area contributed by atoms with Crippen molar-refractivity contribution < 1.29 is 14.6 Å². The monoisotopic (exact) mass is 360 g/mol. The quantitative estimate of drug-likeness (QED) is 0.601. The highest BCUT2D eigenvalue weighted by Crippen LogP contribution is 2.38. The number of aliphatic hydroxyl groups excluding tert-OH is 1. The predicted molar refractivity (Wildman–Crippen MR) is 97.6 cm³/mol. The van der Waals surface area contributed by atoms with Gasteiger partial charge in [0.1, 0.15) is 5.69 Å². The minimum Gasteiger partial charge on any atom is -0.463 e. The summed E-state index contributed by atoms with van der Waals surface area (Å²) >= 11 is 0. The van der Waals surface area contributed by atoms with Gasteiger partial charge in [0, 0.05) is 13.3 Å². The summed E-state index contributed by atoms with van der Waals surface area (Å²) in [7, 11) is 1.60. The zero-order valence-corrected chi connectivity index (χ0v) is 15.0. The molecule has 1 unspecified atom stereocenters. The Kier molecular flexibility index (Phi) is 5.69. The molecule has 0 spiro atoms. The van der Waals surface area contributed by atoms with Crippen molar-refractivity contribution >= 4 is 17.3 Å². The van der Waals surface area contributed by atoms with Gasteiger partial charge in [0.2, 0.25) is 6.35 Å². The highest BCUT2D eigenvalue weighted by molar-refractivity contribution is 5.81. The number of nitrogens with two attached hydrogens (primary N) is 1. The van der Waals surface area contributed by atoms with E-state index in [1.54, 1.807) is 19.4 Å². The zero-order valence-electron chi connectivity index (χ0n) is 15.0. The molecule has 4 N–H and O–H groups in total. The fourth-order valence-corrected chi connectivity index (χ4v) is 2.66. The highest BCUT2D eigenvalue weighted by atomic mass is 16.5. The molecule has 0 aliphatic carbocycles. The number of anilines is 3. The van der Waals surface area contributed by atoms with Crippen LogP contribution >= 0.6 is 0 Å². The van der Waals surface area contributed by atoms with Gasteiger partial charge in [-0.3, -0.25) is 4.98 Å². The first kappa shape index (κ1) is 18.2. The molecule has 2 aromatic rings.